The number of carbonyl (C=O) groups is 1. The fourth-order valence-corrected chi connectivity index (χ4v) is 2.71. The van der Waals surface area contributed by atoms with Crippen LogP contribution in [0.2, 0.25) is 0 Å². The molecule has 0 unspecified atom stereocenters. The number of hydrogen-bond donors (Lipinski definition) is 2. The van der Waals surface area contributed by atoms with Crippen LogP contribution in [0.4, 0.5) is 0 Å². The van der Waals surface area contributed by atoms with Gasteiger partial charge in [-0.1, -0.05) is 12.1 Å². The van der Waals surface area contributed by atoms with E-state index >= 15 is 0 Å². The van der Waals surface area contributed by atoms with Gasteiger partial charge in [0, 0.05) is 13.1 Å². The molecule has 1 aromatic carbocycles. The van der Waals surface area contributed by atoms with Crippen LogP contribution >= 0.6 is 0 Å². The maximum atomic E-state index is 12.0. The maximum absolute atomic E-state index is 12.0. The Morgan fingerprint density at radius 1 is 1.44 bits per heavy atom. The molecule has 4 heteroatoms. The Bertz CT molecular complexity index is 476. The van der Waals surface area contributed by atoms with Crippen LogP contribution < -0.4 is 5.73 Å². The number of carbonyl (C=O) groups excluding carboxylic acids is 1. The van der Waals surface area contributed by atoms with E-state index in [-0.39, 0.29) is 17.2 Å². The number of amides is 1. The lowest BCUT2D eigenvalue weighted by Gasteiger charge is -2.48. The number of hydrogen-bond acceptors (Lipinski definition) is 3. The van der Waals surface area contributed by atoms with Crippen molar-refractivity contribution < 1.29 is 9.90 Å². The lowest BCUT2D eigenvalue weighted by molar-refractivity contribution is -0.138. The topological polar surface area (TPSA) is 66.6 Å². The molecule has 18 heavy (non-hydrogen) atoms. The van der Waals surface area contributed by atoms with Gasteiger partial charge in [0.2, 0.25) is 5.91 Å². The van der Waals surface area contributed by atoms with Gasteiger partial charge < -0.3 is 15.7 Å². The third-order valence-electron chi connectivity index (χ3n) is 3.98. The van der Waals surface area contributed by atoms with Crippen LogP contribution in [0.3, 0.4) is 0 Å². The second-order valence-corrected chi connectivity index (χ2v) is 5.60. The van der Waals surface area contributed by atoms with E-state index in [1.807, 2.05) is 11.0 Å². The first-order valence-corrected chi connectivity index (χ1v) is 6.41. The monoisotopic (exact) mass is 246 g/mol. The number of nitrogens with zero attached hydrogens (tertiary/aromatic N) is 1. The van der Waals surface area contributed by atoms with Gasteiger partial charge in [0.15, 0.2) is 0 Å². The minimum Gasteiger partial charge on any atom is -0.508 e. The molecule has 1 aliphatic heterocycles. The molecule has 1 saturated heterocycles. The van der Waals surface area contributed by atoms with Gasteiger partial charge in [0.1, 0.15) is 5.75 Å². The molecule has 1 aliphatic carbocycles. The predicted octanol–water partition coefficient (Wildman–Crippen LogP) is 0.884. The lowest BCUT2D eigenvalue weighted by Crippen LogP contribution is -2.70. The zero-order valence-electron chi connectivity index (χ0n) is 10.3. The molecule has 1 heterocycles. The number of aromatic hydroxyl groups is 1. The Morgan fingerprint density at radius 2 is 2.17 bits per heavy atom. The van der Waals surface area contributed by atoms with Crippen LogP contribution in [-0.2, 0) is 11.2 Å². The van der Waals surface area contributed by atoms with Crippen molar-refractivity contribution in [3.8, 4) is 5.75 Å². The van der Waals surface area contributed by atoms with E-state index in [0.717, 1.165) is 5.56 Å². The van der Waals surface area contributed by atoms with E-state index in [2.05, 4.69) is 0 Å². The summed E-state index contributed by atoms with van der Waals surface area (Å²) < 4.78 is 0. The normalized spacial score (nSPS) is 21.5. The summed E-state index contributed by atoms with van der Waals surface area (Å²) in [6.07, 6.45) is 2.77. The van der Waals surface area contributed by atoms with Crippen molar-refractivity contribution in [2.24, 2.45) is 11.7 Å². The molecule has 3 rings (SSSR count). The first-order chi connectivity index (χ1) is 8.57. The van der Waals surface area contributed by atoms with E-state index in [1.54, 1.807) is 18.2 Å². The van der Waals surface area contributed by atoms with E-state index in [1.165, 1.54) is 12.8 Å². The van der Waals surface area contributed by atoms with Crippen LogP contribution in [0.25, 0.3) is 0 Å². The molecule has 96 valence electrons. The van der Waals surface area contributed by atoms with Gasteiger partial charge in [-0.2, -0.15) is 0 Å². The van der Waals surface area contributed by atoms with Gasteiger partial charge in [0.05, 0.1) is 12.0 Å². The largest absolute Gasteiger partial charge is 0.508 e. The summed E-state index contributed by atoms with van der Waals surface area (Å²) in [4.78, 5) is 13.8. The second kappa shape index (κ2) is 3.99. The summed E-state index contributed by atoms with van der Waals surface area (Å²) in [5, 5.41) is 9.35. The van der Waals surface area contributed by atoms with E-state index in [9.17, 15) is 9.90 Å². The molecule has 3 N–H and O–H groups in total. The van der Waals surface area contributed by atoms with Crippen molar-refractivity contribution >= 4 is 5.91 Å². The van der Waals surface area contributed by atoms with Gasteiger partial charge in [-0.15, -0.1) is 0 Å². The van der Waals surface area contributed by atoms with E-state index in [0.29, 0.717) is 25.4 Å². The van der Waals surface area contributed by atoms with Crippen molar-refractivity contribution in [1.29, 1.82) is 0 Å². The highest BCUT2D eigenvalue weighted by molar-refractivity contribution is 5.80. The number of phenolic OH excluding ortho intramolecular Hbond substituents is 1. The maximum Gasteiger partial charge on any atom is 0.227 e. The molecule has 4 nitrogen and oxygen atoms in total. The predicted molar refractivity (Wildman–Crippen MR) is 68.0 cm³/mol. The average molecular weight is 246 g/mol. The minimum absolute atomic E-state index is 0.0994. The quantitative estimate of drug-likeness (QED) is 0.832. The Labute approximate surface area is 106 Å². The summed E-state index contributed by atoms with van der Waals surface area (Å²) >= 11 is 0. The average Bonchev–Trinajstić information content (AvgIpc) is 3.08. The smallest absolute Gasteiger partial charge is 0.227 e. The Balaban J connectivity index is 1.57. The zero-order chi connectivity index (χ0) is 12.8. The standard InChI is InChI=1S/C14H18N2O2/c15-14(11-4-5-11)8-16(9-14)13(18)7-10-2-1-3-12(17)6-10/h1-3,6,11,17H,4-5,7-9,15H2. The Morgan fingerprint density at radius 3 is 2.78 bits per heavy atom. The molecule has 0 atom stereocenters. The SMILES string of the molecule is NC1(C2CC2)CN(C(=O)Cc2cccc(O)c2)C1. The summed E-state index contributed by atoms with van der Waals surface area (Å²) in [6, 6.07) is 6.85. The van der Waals surface area contributed by atoms with Gasteiger partial charge in [-0.3, -0.25) is 4.79 Å². The van der Waals surface area contributed by atoms with Crippen LogP contribution in [0.5, 0.6) is 5.75 Å². The molecular weight excluding hydrogens is 228 g/mol. The van der Waals surface area contributed by atoms with Crippen molar-refractivity contribution in [3.05, 3.63) is 29.8 Å². The third-order valence-corrected chi connectivity index (χ3v) is 3.98. The van der Waals surface area contributed by atoms with Gasteiger partial charge in [0.25, 0.3) is 0 Å². The van der Waals surface area contributed by atoms with Crippen molar-refractivity contribution in [3.63, 3.8) is 0 Å². The molecule has 0 bridgehead atoms. The highest BCUT2D eigenvalue weighted by atomic mass is 16.3. The summed E-state index contributed by atoms with van der Waals surface area (Å²) in [5.74, 6) is 0.930. The zero-order valence-corrected chi connectivity index (χ0v) is 10.3. The number of likely N-dealkylation sites (tertiary alicyclic amines) is 1. The molecule has 2 aliphatic rings. The highest BCUT2D eigenvalue weighted by Gasteiger charge is 2.51. The van der Waals surface area contributed by atoms with E-state index < -0.39 is 0 Å². The molecule has 1 saturated carbocycles. The number of benzene rings is 1. The summed E-state index contributed by atoms with van der Waals surface area (Å²) in [6.45, 7) is 1.38. The fraction of sp³-hybridized carbons (Fsp3) is 0.500. The van der Waals surface area contributed by atoms with E-state index in [4.69, 9.17) is 5.73 Å². The molecule has 1 aromatic rings. The molecule has 0 spiro atoms. The van der Waals surface area contributed by atoms with Gasteiger partial charge in [-0.25, -0.2) is 0 Å². The number of rotatable bonds is 3. The first kappa shape index (κ1) is 11.5. The Kier molecular flexibility index (Phi) is 2.55. The molecule has 2 fully saturated rings. The molecule has 1 amide bonds. The van der Waals surface area contributed by atoms with Crippen LogP contribution in [0, 0.1) is 5.92 Å². The molecular formula is C14H18N2O2. The fourth-order valence-electron chi connectivity index (χ4n) is 2.71. The van der Waals surface area contributed by atoms with Gasteiger partial charge >= 0.3 is 0 Å². The molecule has 0 aromatic heterocycles. The second-order valence-electron chi connectivity index (χ2n) is 5.60. The number of phenols is 1. The molecule has 0 radical (unpaired) electrons. The summed E-state index contributed by atoms with van der Waals surface area (Å²) in [5.41, 5.74) is 6.95. The minimum atomic E-state index is -0.117. The van der Waals surface area contributed by atoms with Gasteiger partial charge in [-0.05, 0) is 36.5 Å². The van der Waals surface area contributed by atoms with Crippen LogP contribution in [0.1, 0.15) is 18.4 Å². The van der Waals surface area contributed by atoms with Crippen molar-refractivity contribution in [2.75, 3.05) is 13.1 Å². The van der Waals surface area contributed by atoms with Crippen molar-refractivity contribution in [1.82, 2.24) is 4.90 Å². The van der Waals surface area contributed by atoms with Crippen LogP contribution in [0.15, 0.2) is 24.3 Å². The number of nitrogens with two attached hydrogens (primary N) is 1. The Hall–Kier alpha value is -1.55. The highest BCUT2D eigenvalue weighted by Crippen LogP contribution is 2.43. The third kappa shape index (κ3) is 2.08. The summed E-state index contributed by atoms with van der Waals surface area (Å²) in [7, 11) is 0. The first-order valence-electron chi connectivity index (χ1n) is 6.41. The lowest BCUT2D eigenvalue weighted by atomic mass is 9.85. The van der Waals surface area contributed by atoms with Crippen molar-refractivity contribution in [2.45, 2.75) is 24.8 Å². The van der Waals surface area contributed by atoms with Crippen LogP contribution in [-0.4, -0.2) is 34.5 Å².